The summed E-state index contributed by atoms with van der Waals surface area (Å²) in [5.74, 6) is -0.0590. The van der Waals surface area contributed by atoms with Gasteiger partial charge in [-0.05, 0) is 31.2 Å². The molecule has 106 valence electrons. The first-order valence-corrected chi connectivity index (χ1v) is 6.84. The van der Waals surface area contributed by atoms with Gasteiger partial charge in [0.05, 0.1) is 29.1 Å². The molecule has 0 saturated carbocycles. The van der Waals surface area contributed by atoms with Gasteiger partial charge in [-0.2, -0.15) is 0 Å². The predicted octanol–water partition coefficient (Wildman–Crippen LogP) is 2.31. The maximum atomic E-state index is 12.2. The van der Waals surface area contributed by atoms with E-state index >= 15 is 0 Å². The van der Waals surface area contributed by atoms with Crippen LogP contribution >= 0.6 is 0 Å². The maximum absolute atomic E-state index is 12.2. The number of pyridine rings is 1. The van der Waals surface area contributed by atoms with E-state index < -0.39 is 0 Å². The minimum absolute atomic E-state index is 0.0590. The number of hydrogen-bond acceptors (Lipinski definition) is 3. The molecular weight excluding hydrogens is 264 g/mol. The van der Waals surface area contributed by atoms with Crippen LogP contribution in [0.5, 0.6) is 0 Å². The highest BCUT2D eigenvalue weighted by atomic mass is 16.2. The molecule has 2 heterocycles. The van der Waals surface area contributed by atoms with E-state index in [1.54, 1.807) is 12.5 Å². The SMILES string of the molecule is C[C@@H](NC(=O)Cn1cnc2ccccc21)c1ccccn1. The number of hydrogen-bond donors (Lipinski definition) is 1. The van der Waals surface area contributed by atoms with E-state index in [2.05, 4.69) is 15.3 Å². The molecule has 0 fully saturated rings. The molecule has 1 N–H and O–H groups in total. The number of imidazole rings is 1. The fourth-order valence-electron chi connectivity index (χ4n) is 2.28. The van der Waals surface area contributed by atoms with Crippen LogP contribution in [0.3, 0.4) is 0 Å². The topological polar surface area (TPSA) is 59.8 Å². The number of carbonyl (C=O) groups is 1. The maximum Gasteiger partial charge on any atom is 0.240 e. The Bertz CT molecular complexity index is 751. The fourth-order valence-corrected chi connectivity index (χ4v) is 2.28. The lowest BCUT2D eigenvalue weighted by atomic mass is 10.2. The number of rotatable bonds is 4. The van der Waals surface area contributed by atoms with Gasteiger partial charge in [-0.1, -0.05) is 18.2 Å². The highest BCUT2D eigenvalue weighted by molar-refractivity contribution is 5.80. The second-order valence-corrected chi connectivity index (χ2v) is 4.90. The molecule has 2 aromatic heterocycles. The van der Waals surface area contributed by atoms with Gasteiger partial charge < -0.3 is 9.88 Å². The molecule has 1 amide bonds. The number of carbonyl (C=O) groups excluding carboxylic acids is 1. The van der Waals surface area contributed by atoms with Crippen molar-refractivity contribution in [2.75, 3.05) is 0 Å². The molecule has 0 radical (unpaired) electrons. The first-order valence-electron chi connectivity index (χ1n) is 6.84. The van der Waals surface area contributed by atoms with Gasteiger partial charge in [0.15, 0.2) is 0 Å². The smallest absolute Gasteiger partial charge is 0.240 e. The van der Waals surface area contributed by atoms with Gasteiger partial charge in [-0.3, -0.25) is 9.78 Å². The van der Waals surface area contributed by atoms with Gasteiger partial charge in [0, 0.05) is 6.20 Å². The third kappa shape index (κ3) is 2.91. The van der Waals surface area contributed by atoms with Gasteiger partial charge in [0.25, 0.3) is 0 Å². The second kappa shape index (κ2) is 5.75. The Labute approximate surface area is 122 Å². The second-order valence-electron chi connectivity index (χ2n) is 4.90. The highest BCUT2D eigenvalue weighted by Gasteiger charge is 2.11. The van der Waals surface area contributed by atoms with E-state index in [-0.39, 0.29) is 18.5 Å². The Morgan fingerprint density at radius 1 is 1.19 bits per heavy atom. The van der Waals surface area contributed by atoms with Crippen LogP contribution in [-0.4, -0.2) is 20.4 Å². The van der Waals surface area contributed by atoms with Gasteiger partial charge in [-0.25, -0.2) is 4.98 Å². The van der Waals surface area contributed by atoms with Crippen molar-refractivity contribution in [3.8, 4) is 0 Å². The van der Waals surface area contributed by atoms with Gasteiger partial charge in [0.2, 0.25) is 5.91 Å². The average molecular weight is 280 g/mol. The van der Waals surface area contributed by atoms with E-state index in [0.29, 0.717) is 0 Å². The summed E-state index contributed by atoms with van der Waals surface area (Å²) in [6, 6.07) is 13.3. The molecule has 0 bridgehead atoms. The first-order chi connectivity index (χ1) is 10.2. The molecule has 5 heteroatoms. The van der Waals surface area contributed by atoms with Crippen LogP contribution in [0.25, 0.3) is 11.0 Å². The normalized spacial score (nSPS) is 12.2. The molecular formula is C16H16N4O. The molecule has 0 aliphatic rings. The fraction of sp³-hybridized carbons (Fsp3) is 0.188. The van der Waals surface area contributed by atoms with Gasteiger partial charge in [0.1, 0.15) is 6.54 Å². The van der Waals surface area contributed by atoms with Crippen LogP contribution < -0.4 is 5.32 Å². The van der Waals surface area contributed by atoms with Crippen molar-refractivity contribution in [1.82, 2.24) is 19.9 Å². The number of nitrogens with one attached hydrogen (secondary N) is 1. The summed E-state index contributed by atoms with van der Waals surface area (Å²) in [4.78, 5) is 20.7. The summed E-state index contributed by atoms with van der Waals surface area (Å²) in [5, 5.41) is 2.95. The number of fused-ring (bicyclic) bond motifs is 1. The highest BCUT2D eigenvalue weighted by Crippen LogP contribution is 2.12. The minimum Gasteiger partial charge on any atom is -0.346 e. The molecule has 0 saturated heterocycles. The number of amides is 1. The lowest BCUT2D eigenvalue weighted by Crippen LogP contribution is -2.30. The molecule has 21 heavy (non-hydrogen) atoms. The van der Waals surface area contributed by atoms with Crippen molar-refractivity contribution in [2.24, 2.45) is 0 Å². The minimum atomic E-state index is -0.117. The monoisotopic (exact) mass is 280 g/mol. The summed E-state index contributed by atoms with van der Waals surface area (Å²) < 4.78 is 1.84. The Hall–Kier alpha value is -2.69. The lowest BCUT2D eigenvalue weighted by Gasteiger charge is -2.13. The van der Waals surface area contributed by atoms with Gasteiger partial charge in [-0.15, -0.1) is 0 Å². The summed E-state index contributed by atoms with van der Waals surface area (Å²) in [6.45, 7) is 2.17. The zero-order chi connectivity index (χ0) is 14.7. The van der Waals surface area contributed by atoms with E-state index in [4.69, 9.17) is 0 Å². The summed E-state index contributed by atoms with van der Waals surface area (Å²) in [7, 11) is 0. The molecule has 5 nitrogen and oxygen atoms in total. The molecule has 0 spiro atoms. The van der Waals surface area contributed by atoms with Crippen molar-refractivity contribution < 1.29 is 4.79 Å². The Morgan fingerprint density at radius 3 is 2.81 bits per heavy atom. The third-order valence-corrected chi connectivity index (χ3v) is 3.35. The van der Waals surface area contributed by atoms with Gasteiger partial charge >= 0.3 is 0 Å². The quantitative estimate of drug-likeness (QED) is 0.797. The number of para-hydroxylation sites is 2. The largest absolute Gasteiger partial charge is 0.346 e. The Morgan fingerprint density at radius 2 is 2.00 bits per heavy atom. The number of aromatic nitrogens is 3. The zero-order valence-corrected chi connectivity index (χ0v) is 11.7. The summed E-state index contributed by atoms with van der Waals surface area (Å²) >= 11 is 0. The van der Waals surface area contributed by atoms with E-state index in [9.17, 15) is 4.79 Å². The molecule has 3 rings (SSSR count). The van der Waals surface area contributed by atoms with Crippen LogP contribution in [0.1, 0.15) is 18.7 Å². The van der Waals surface area contributed by atoms with E-state index in [1.165, 1.54) is 0 Å². The van der Waals surface area contributed by atoms with Crippen LogP contribution in [0, 0.1) is 0 Å². The molecule has 1 atom stereocenters. The van der Waals surface area contributed by atoms with E-state index in [1.807, 2.05) is 54.0 Å². The molecule has 0 unspecified atom stereocenters. The summed E-state index contributed by atoms with van der Waals surface area (Å²) in [5.41, 5.74) is 2.70. The standard InChI is InChI=1S/C16H16N4O/c1-12(13-6-4-5-9-17-13)19-16(21)10-20-11-18-14-7-2-3-8-15(14)20/h2-9,11-12H,10H2,1H3,(H,19,21)/t12-/m1/s1. The van der Waals surface area contributed by atoms with Crippen molar-refractivity contribution in [3.05, 3.63) is 60.7 Å². The average Bonchev–Trinajstić information content (AvgIpc) is 2.91. The van der Waals surface area contributed by atoms with Crippen molar-refractivity contribution in [3.63, 3.8) is 0 Å². The van der Waals surface area contributed by atoms with Crippen molar-refractivity contribution in [1.29, 1.82) is 0 Å². The van der Waals surface area contributed by atoms with Crippen molar-refractivity contribution in [2.45, 2.75) is 19.5 Å². The van der Waals surface area contributed by atoms with E-state index in [0.717, 1.165) is 16.7 Å². The molecule has 1 aromatic carbocycles. The third-order valence-electron chi connectivity index (χ3n) is 3.35. The molecule has 0 aliphatic carbocycles. The lowest BCUT2D eigenvalue weighted by molar-refractivity contribution is -0.122. The number of benzene rings is 1. The van der Waals surface area contributed by atoms with Crippen LogP contribution in [0.2, 0.25) is 0 Å². The van der Waals surface area contributed by atoms with Crippen LogP contribution in [-0.2, 0) is 11.3 Å². The molecule has 3 aromatic rings. The Balaban J connectivity index is 1.69. The first kappa shape index (κ1) is 13.3. The number of nitrogens with zero attached hydrogens (tertiary/aromatic N) is 3. The zero-order valence-electron chi connectivity index (χ0n) is 11.7. The Kier molecular flexibility index (Phi) is 3.64. The van der Waals surface area contributed by atoms with Crippen molar-refractivity contribution >= 4 is 16.9 Å². The van der Waals surface area contributed by atoms with Crippen LogP contribution in [0.4, 0.5) is 0 Å². The van der Waals surface area contributed by atoms with Crippen LogP contribution in [0.15, 0.2) is 55.0 Å². The summed E-state index contributed by atoms with van der Waals surface area (Å²) in [6.07, 6.45) is 3.41. The predicted molar refractivity (Wildman–Crippen MR) is 80.5 cm³/mol. The molecule has 0 aliphatic heterocycles.